The van der Waals surface area contributed by atoms with Crippen molar-refractivity contribution in [2.24, 2.45) is 5.73 Å². The first-order valence-electron chi connectivity index (χ1n) is 6.38. The average molecular weight is 387 g/mol. The van der Waals surface area contributed by atoms with Gasteiger partial charge in [-0.1, -0.05) is 32.1 Å². The quantitative estimate of drug-likeness (QED) is 0.732. The molecule has 21 heavy (non-hydrogen) atoms. The lowest BCUT2D eigenvalue weighted by Crippen LogP contribution is -2.27. The Bertz CT molecular complexity index is 654. The molecule has 1 aromatic heterocycles. The Balaban J connectivity index is 2.18. The Labute approximate surface area is 141 Å². The van der Waals surface area contributed by atoms with Crippen LogP contribution in [-0.4, -0.2) is 11.5 Å². The van der Waals surface area contributed by atoms with Crippen LogP contribution in [0.1, 0.15) is 24.3 Å². The van der Waals surface area contributed by atoms with E-state index in [4.69, 9.17) is 18.0 Å². The van der Waals surface area contributed by atoms with Crippen LogP contribution in [0.25, 0.3) is 0 Å². The second-order valence-corrected chi connectivity index (χ2v) is 7.55. The molecule has 0 aliphatic rings. The number of rotatable bonds is 5. The molecule has 112 valence electrons. The fourth-order valence-electron chi connectivity index (χ4n) is 1.94. The second kappa shape index (κ2) is 6.42. The van der Waals surface area contributed by atoms with Gasteiger partial charge in [-0.3, -0.25) is 0 Å². The molecule has 3 N–H and O–H groups in total. The van der Waals surface area contributed by atoms with Crippen LogP contribution in [0.5, 0.6) is 0 Å². The Kier molecular flexibility index (Phi) is 5.01. The highest BCUT2D eigenvalue weighted by Gasteiger charge is 2.22. The molecule has 6 heteroatoms. The Morgan fingerprint density at radius 1 is 1.43 bits per heavy atom. The molecule has 1 heterocycles. The molecule has 0 spiro atoms. The van der Waals surface area contributed by atoms with Gasteiger partial charge >= 0.3 is 0 Å². The Morgan fingerprint density at radius 3 is 2.71 bits per heavy atom. The fraction of sp³-hybridized carbons (Fsp3) is 0.267. The number of hydrogen-bond acceptors (Lipinski definition) is 3. The van der Waals surface area contributed by atoms with Gasteiger partial charge in [0.05, 0.1) is 10.2 Å². The van der Waals surface area contributed by atoms with E-state index in [2.05, 4.69) is 41.2 Å². The molecule has 0 fully saturated rings. The van der Waals surface area contributed by atoms with Crippen LogP contribution in [0.15, 0.2) is 34.1 Å². The van der Waals surface area contributed by atoms with Crippen LogP contribution in [0, 0.1) is 5.82 Å². The standard InChI is InChI=1S/C15H16BrFN2S2/c1-15(2,11-4-3-7-21-11)8-19-10-6-5-9(14(18)20)12(16)13(10)17/h3-7,19H,8H2,1-2H3,(H2,18,20). The van der Waals surface area contributed by atoms with Crippen LogP contribution in [0.4, 0.5) is 10.1 Å². The van der Waals surface area contributed by atoms with Crippen LogP contribution in [-0.2, 0) is 5.41 Å². The molecule has 0 bridgehead atoms. The summed E-state index contributed by atoms with van der Waals surface area (Å²) >= 11 is 9.80. The highest BCUT2D eigenvalue weighted by atomic mass is 79.9. The maximum atomic E-state index is 14.3. The molecule has 0 atom stereocenters. The predicted molar refractivity (Wildman–Crippen MR) is 95.8 cm³/mol. The van der Waals surface area contributed by atoms with Gasteiger partial charge in [0.15, 0.2) is 5.82 Å². The number of hydrogen-bond donors (Lipinski definition) is 2. The molecule has 2 nitrogen and oxygen atoms in total. The summed E-state index contributed by atoms with van der Waals surface area (Å²) in [5.41, 5.74) is 6.42. The molecule has 0 radical (unpaired) electrons. The lowest BCUT2D eigenvalue weighted by molar-refractivity contribution is 0.563. The van der Waals surface area contributed by atoms with Crippen LogP contribution < -0.4 is 11.1 Å². The fourth-order valence-corrected chi connectivity index (χ4v) is 3.66. The molecular formula is C15H16BrFN2S2. The van der Waals surface area contributed by atoms with Gasteiger partial charge in [-0.05, 0) is 39.5 Å². The van der Waals surface area contributed by atoms with Gasteiger partial charge in [-0.15, -0.1) is 11.3 Å². The average Bonchev–Trinajstić information content (AvgIpc) is 2.95. The lowest BCUT2D eigenvalue weighted by Gasteiger charge is -2.24. The van der Waals surface area contributed by atoms with E-state index in [1.54, 1.807) is 23.5 Å². The molecule has 0 amide bonds. The summed E-state index contributed by atoms with van der Waals surface area (Å²) < 4.78 is 14.6. The minimum absolute atomic E-state index is 0.0745. The lowest BCUT2D eigenvalue weighted by atomic mass is 9.91. The summed E-state index contributed by atoms with van der Waals surface area (Å²) in [5.74, 6) is -0.373. The van der Waals surface area contributed by atoms with Crippen molar-refractivity contribution in [2.45, 2.75) is 19.3 Å². The van der Waals surface area contributed by atoms with Crippen molar-refractivity contribution in [1.29, 1.82) is 0 Å². The summed E-state index contributed by atoms with van der Waals surface area (Å²) in [7, 11) is 0. The highest BCUT2D eigenvalue weighted by molar-refractivity contribution is 9.10. The number of anilines is 1. The molecular weight excluding hydrogens is 371 g/mol. The number of benzene rings is 1. The normalized spacial score (nSPS) is 11.4. The van der Waals surface area contributed by atoms with Crippen molar-refractivity contribution in [3.8, 4) is 0 Å². The van der Waals surface area contributed by atoms with Gasteiger partial charge in [0, 0.05) is 22.4 Å². The van der Waals surface area contributed by atoms with Crippen molar-refractivity contribution in [3.63, 3.8) is 0 Å². The zero-order valence-electron chi connectivity index (χ0n) is 11.7. The first kappa shape index (κ1) is 16.4. The van der Waals surface area contributed by atoms with Gasteiger partial charge in [0.25, 0.3) is 0 Å². The SMILES string of the molecule is CC(C)(CNc1ccc(C(N)=S)c(Br)c1F)c1cccs1. The maximum absolute atomic E-state index is 14.3. The van der Waals surface area contributed by atoms with Gasteiger partial charge < -0.3 is 11.1 Å². The maximum Gasteiger partial charge on any atom is 0.161 e. The van der Waals surface area contributed by atoms with Crippen molar-refractivity contribution in [1.82, 2.24) is 0 Å². The van der Waals surface area contributed by atoms with E-state index in [1.165, 1.54) is 4.88 Å². The summed E-state index contributed by atoms with van der Waals surface area (Å²) in [5, 5.41) is 5.21. The third-order valence-electron chi connectivity index (χ3n) is 3.26. The molecule has 0 aliphatic carbocycles. The molecule has 0 unspecified atom stereocenters. The van der Waals surface area contributed by atoms with Gasteiger partial charge in [-0.2, -0.15) is 0 Å². The van der Waals surface area contributed by atoms with E-state index in [0.717, 1.165) is 0 Å². The summed E-state index contributed by atoms with van der Waals surface area (Å²) in [6.07, 6.45) is 0. The minimum Gasteiger partial charge on any atom is -0.389 e. The minimum atomic E-state index is -0.373. The summed E-state index contributed by atoms with van der Waals surface area (Å²) in [4.78, 5) is 1.43. The monoisotopic (exact) mass is 386 g/mol. The highest BCUT2D eigenvalue weighted by Crippen LogP contribution is 2.30. The van der Waals surface area contributed by atoms with Crippen molar-refractivity contribution in [3.05, 3.63) is 50.4 Å². The largest absolute Gasteiger partial charge is 0.389 e. The number of thiophene rings is 1. The van der Waals surface area contributed by atoms with Gasteiger partial charge in [0.1, 0.15) is 4.99 Å². The van der Waals surface area contributed by atoms with Crippen LogP contribution in [0.2, 0.25) is 0 Å². The van der Waals surface area contributed by atoms with E-state index in [9.17, 15) is 4.39 Å². The molecule has 2 aromatic rings. The second-order valence-electron chi connectivity index (χ2n) is 5.37. The Morgan fingerprint density at radius 2 is 2.14 bits per heavy atom. The van der Waals surface area contributed by atoms with Crippen LogP contribution >= 0.6 is 39.5 Å². The zero-order valence-corrected chi connectivity index (χ0v) is 15.0. The van der Waals surface area contributed by atoms with E-state index in [0.29, 0.717) is 22.3 Å². The van der Waals surface area contributed by atoms with E-state index < -0.39 is 0 Å². The zero-order chi connectivity index (χ0) is 15.6. The molecule has 2 rings (SSSR count). The Hall–Kier alpha value is -0.980. The third kappa shape index (κ3) is 3.62. The van der Waals surface area contributed by atoms with Crippen molar-refractivity contribution >= 4 is 50.2 Å². The van der Waals surface area contributed by atoms with E-state index in [-0.39, 0.29) is 16.2 Å². The number of nitrogens with one attached hydrogen (secondary N) is 1. The number of thiocarbonyl (C=S) groups is 1. The van der Waals surface area contributed by atoms with E-state index >= 15 is 0 Å². The number of nitrogens with two attached hydrogens (primary N) is 1. The summed E-state index contributed by atoms with van der Waals surface area (Å²) in [6.45, 7) is 4.88. The third-order valence-corrected chi connectivity index (χ3v) is 5.49. The molecule has 1 aromatic carbocycles. The van der Waals surface area contributed by atoms with E-state index in [1.807, 2.05) is 11.4 Å². The van der Waals surface area contributed by atoms with Crippen molar-refractivity contribution < 1.29 is 4.39 Å². The van der Waals surface area contributed by atoms with Crippen LogP contribution in [0.3, 0.4) is 0 Å². The molecule has 0 saturated carbocycles. The van der Waals surface area contributed by atoms with Gasteiger partial charge in [0.2, 0.25) is 0 Å². The smallest absolute Gasteiger partial charge is 0.161 e. The van der Waals surface area contributed by atoms with Crippen molar-refractivity contribution in [2.75, 3.05) is 11.9 Å². The first-order valence-corrected chi connectivity index (χ1v) is 8.46. The molecule has 0 aliphatic heterocycles. The topological polar surface area (TPSA) is 38.0 Å². The molecule has 0 saturated heterocycles. The summed E-state index contributed by atoms with van der Waals surface area (Å²) in [6, 6.07) is 7.50. The first-order chi connectivity index (χ1) is 9.83. The number of halogens is 2. The predicted octanol–water partition coefficient (Wildman–Crippen LogP) is 4.67. The van der Waals surface area contributed by atoms with Gasteiger partial charge in [-0.25, -0.2) is 4.39 Å².